The van der Waals surface area contributed by atoms with Crippen molar-refractivity contribution in [1.82, 2.24) is 5.32 Å². The second-order valence-electron chi connectivity index (χ2n) is 8.08. The summed E-state index contributed by atoms with van der Waals surface area (Å²) in [7, 11) is 0. The predicted octanol–water partition coefficient (Wildman–Crippen LogP) is 5.99. The molecule has 0 aliphatic heterocycles. The monoisotopic (exact) mass is 496 g/mol. The summed E-state index contributed by atoms with van der Waals surface area (Å²) < 4.78 is 84.8. The number of rotatable bonds is 10. The lowest BCUT2D eigenvalue weighted by Crippen LogP contribution is -2.41. The van der Waals surface area contributed by atoms with Gasteiger partial charge in [-0.15, -0.1) is 0 Å². The van der Waals surface area contributed by atoms with Crippen molar-refractivity contribution in [3.8, 4) is 0 Å². The van der Waals surface area contributed by atoms with Gasteiger partial charge in [-0.2, -0.15) is 26.3 Å². The molecule has 0 spiro atoms. The molecule has 0 aliphatic rings. The zero-order chi connectivity index (χ0) is 25.5. The van der Waals surface area contributed by atoms with Crippen molar-refractivity contribution in [2.75, 3.05) is 19.7 Å². The summed E-state index contributed by atoms with van der Waals surface area (Å²) in [5, 5.41) is 3.31. The van der Waals surface area contributed by atoms with Gasteiger partial charge in [-0.1, -0.05) is 60.7 Å². The Morgan fingerprint density at radius 1 is 0.743 bits per heavy atom. The summed E-state index contributed by atoms with van der Waals surface area (Å²) in [6.45, 7) is 0.414. The van der Waals surface area contributed by atoms with E-state index >= 15 is 0 Å². The first-order valence-electron chi connectivity index (χ1n) is 11.0. The highest BCUT2D eigenvalue weighted by atomic mass is 19.4. The van der Waals surface area contributed by atoms with E-state index in [9.17, 15) is 26.3 Å². The number of nitrogens with one attached hydrogen (secondary N) is 1. The van der Waals surface area contributed by atoms with Crippen molar-refractivity contribution in [3.05, 3.63) is 107 Å². The summed E-state index contributed by atoms with van der Waals surface area (Å²) in [4.78, 5) is 0. The van der Waals surface area contributed by atoms with Crippen molar-refractivity contribution in [3.63, 3.8) is 0 Å². The largest absolute Gasteiger partial charge is 0.416 e. The molecule has 3 aromatic carbocycles. The highest BCUT2D eigenvalue weighted by Gasteiger charge is 2.37. The average molecular weight is 496 g/mol. The van der Waals surface area contributed by atoms with Gasteiger partial charge in [-0.3, -0.25) is 0 Å². The van der Waals surface area contributed by atoms with E-state index < -0.39 is 30.1 Å². The van der Waals surface area contributed by atoms with Crippen LogP contribution in [0.15, 0.2) is 78.9 Å². The number of benzene rings is 3. The van der Waals surface area contributed by atoms with Crippen LogP contribution in [0.4, 0.5) is 26.3 Å². The van der Waals surface area contributed by atoms with E-state index in [2.05, 4.69) is 5.32 Å². The van der Waals surface area contributed by atoms with E-state index in [0.717, 1.165) is 11.1 Å². The van der Waals surface area contributed by atoms with Gasteiger partial charge < -0.3 is 15.8 Å². The molecule has 0 radical (unpaired) electrons. The van der Waals surface area contributed by atoms with Gasteiger partial charge in [0.2, 0.25) is 0 Å². The summed E-state index contributed by atoms with van der Waals surface area (Å²) in [5.74, 6) is -0.184. The molecule has 0 fully saturated rings. The average Bonchev–Trinajstić information content (AvgIpc) is 2.82. The first-order chi connectivity index (χ1) is 16.6. The third-order valence-electron chi connectivity index (χ3n) is 5.48. The molecule has 1 unspecified atom stereocenters. The minimum Gasteiger partial charge on any atom is -0.375 e. The molecule has 0 aliphatic carbocycles. The third kappa shape index (κ3) is 7.55. The van der Waals surface area contributed by atoms with E-state index in [1.165, 1.54) is 0 Å². The Morgan fingerprint density at radius 3 is 1.66 bits per heavy atom. The molecule has 0 heterocycles. The molecule has 0 saturated heterocycles. The van der Waals surface area contributed by atoms with Gasteiger partial charge in [0.15, 0.2) is 0 Å². The minimum absolute atomic E-state index is 0.0338. The molecular weight excluding hydrogens is 470 g/mol. The molecule has 1 atom stereocenters. The van der Waals surface area contributed by atoms with Crippen LogP contribution in [0.1, 0.15) is 33.7 Å². The zero-order valence-corrected chi connectivity index (χ0v) is 18.7. The van der Waals surface area contributed by atoms with Crippen LogP contribution in [0.3, 0.4) is 0 Å². The van der Waals surface area contributed by atoms with Crippen LogP contribution in [-0.4, -0.2) is 25.7 Å². The van der Waals surface area contributed by atoms with Crippen molar-refractivity contribution < 1.29 is 31.1 Å². The molecule has 0 amide bonds. The number of halogens is 6. The lowest BCUT2D eigenvalue weighted by molar-refractivity contribution is -0.143. The van der Waals surface area contributed by atoms with E-state index in [1.54, 1.807) is 0 Å². The van der Waals surface area contributed by atoms with Crippen molar-refractivity contribution in [2.24, 2.45) is 5.73 Å². The molecule has 0 aromatic heterocycles. The van der Waals surface area contributed by atoms with Gasteiger partial charge in [0, 0.05) is 25.0 Å². The molecule has 188 valence electrons. The standard InChI is InChI=1S/C26H26F6N2O/c27-25(28,29)21-13-18(14-22(15-21)26(30,31)32)16-35-17-23(34-12-11-33)24(19-7-3-1-4-8-19)20-9-5-2-6-10-20/h1-10,13-15,23-24,34H,11-12,16-17,33H2. The fourth-order valence-corrected chi connectivity index (χ4v) is 3.93. The molecule has 0 bridgehead atoms. The first kappa shape index (κ1) is 26.7. The van der Waals surface area contributed by atoms with Crippen LogP contribution < -0.4 is 11.1 Å². The number of nitrogens with two attached hydrogens (primary N) is 1. The van der Waals surface area contributed by atoms with Crippen molar-refractivity contribution in [1.29, 1.82) is 0 Å². The Bertz CT molecular complexity index is 983. The Morgan fingerprint density at radius 2 is 1.23 bits per heavy atom. The first-order valence-corrected chi connectivity index (χ1v) is 11.0. The molecule has 3 rings (SSSR count). The number of alkyl halides is 6. The summed E-state index contributed by atoms with van der Waals surface area (Å²) >= 11 is 0. The summed E-state index contributed by atoms with van der Waals surface area (Å²) in [6, 6.07) is 20.3. The topological polar surface area (TPSA) is 47.3 Å². The normalized spacial score (nSPS) is 13.3. The van der Waals surface area contributed by atoms with Gasteiger partial charge in [-0.05, 0) is 34.9 Å². The van der Waals surface area contributed by atoms with Crippen LogP contribution in [0.2, 0.25) is 0 Å². The quantitative estimate of drug-likeness (QED) is 0.339. The van der Waals surface area contributed by atoms with Crippen molar-refractivity contribution in [2.45, 2.75) is 30.9 Å². The van der Waals surface area contributed by atoms with E-state index in [0.29, 0.717) is 25.2 Å². The Hall–Kier alpha value is -2.88. The second kappa shape index (κ2) is 11.7. The summed E-state index contributed by atoms with van der Waals surface area (Å²) in [5.41, 5.74) is 4.70. The SMILES string of the molecule is NCCNC(COCc1cc(C(F)(F)F)cc(C(F)(F)F)c1)C(c1ccccc1)c1ccccc1. The van der Waals surface area contributed by atoms with Crippen molar-refractivity contribution >= 4 is 0 Å². The van der Waals surface area contributed by atoms with Gasteiger partial charge in [0.05, 0.1) is 24.3 Å². The van der Waals surface area contributed by atoms with E-state index in [-0.39, 0.29) is 30.2 Å². The minimum atomic E-state index is -4.91. The van der Waals surface area contributed by atoms with Crippen LogP contribution in [0.25, 0.3) is 0 Å². The lowest BCUT2D eigenvalue weighted by atomic mass is 9.85. The van der Waals surface area contributed by atoms with Crippen LogP contribution in [-0.2, 0) is 23.7 Å². The number of ether oxygens (including phenoxy) is 1. The van der Waals surface area contributed by atoms with Gasteiger partial charge >= 0.3 is 12.4 Å². The third-order valence-corrected chi connectivity index (χ3v) is 5.48. The zero-order valence-electron chi connectivity index (χ0n) is 18.7. The number of hydrogen-bond acceptors (Lipinski definition) is 3. The highest BCUT2D eigenvalue weighted by molar-refractivity contribution is 5.35. The van der Waals surface area contributed by atoms with Gasteiger partial charge in [0.25, 0.3) is 0 Å². The Labute approximate surface area is 199 Å². The molecule has 35 heavy (non-hydrogen) atoms. The maximum atomic E-state index is 13.2. The second-order valence-corrected chi connectivity index (χ2v) is 8.08. The molecule has 3 N–H and O–H groups in total. The Balaban J connectivity index is 1.85. The van der Waals surface area contributed by atoms with E-state index in [1.807, 2.05) is 60.7 Å². The maximum Gasteiger partial charge on any atom is 0.416 e. The Kier molecular flexibility index (Phi) is 8.93. The molecular formula is C26H26F6N2O. The lowest BCUT2D eigenvalue weighted by Gasteiger charge is -2.29. The summed E-state index contributed by atoms with van der Waals surface area (Å²) in [6.07, 6.45) is -9.82. The predicted molar refractivity (Wildman–Crippen MR) is 122 cm³/mol. The van der Waals surface area contributed by atoms with E-state index in [4.69, 9.17) is 10.5 Å². The molecule has 3 aromatic rings. The molecule has 0 saturated carbocycles. The molecule has 3 nitrogen and oxygen atoms in total. The fourth-order valence-electron chi connectivity index (χ4n) is 3.93. The smallest absolute Gasteiger partial charge is 0.375 e. The van der Waals surface area contributed by atoms with Gasteiger partial charge in [-0.25, -0.2) is 0 Å². The fraction of sp³-hybridized carbons (Fsp3) is 0.308. The maximum absolute atomic E-state index is 13.2. The van der Waals surface area contributed by atoms with Crippen LogP contribution >= 0.6 is 0 Å². The highest BCUT2D eigenvalue weighted by Crippen LogP contribution is 2.36. The van der Waals surface area contributed by atoms with Gasteiger partial charge in [0.1, 0.15) is 0 Å². The van der Waals surface area contributed by atoms with Crippen LogP contribution in [0.5, 0.6) is 0 Å². The number of hydrogen-bond donors (Lipinski definition) is 2. The van der Waals surface area contributed by atoms with Crippen LogP contribution in [0, 0.1) is 0 Å². The molecule has 9 heteroatoms.